The van der Waals surface area contributed by atoms with Crippen LogP contribution < -0.4 is 5.32 Å². The van der Waals surface area contributed by atoms with Crippen molar-refractivity contribution >= 4 is 5.97 Å². The summed E-state index contributed by atoms with van der Waals surface area (Å²) in [5, 5.41) is 12.6. The van der Waals surface area contributed by atoms with E-state index in [1.54, 1.807) is 0 Å². The summed E-state index contributed by atoms with van der Waals surface area (Å²) in [5.41, 5.74) is 2.23. The molecular formula is C17H23NO2. The number of hydrogen-bond acceptors (Lipinski definition) is 2. The van der Waals surface area contributed by atoms with Gasteiger partial charge in [-0.05, 0) is 43.7 Å². The Morgan fingerprint density at radius 2 is 2.10 bits per heavy atom. The van der Waals surface area contributed by atoms with Gasteiger partial charge in [0.25, 0.3) is 0 Å². The first kappa shape index (κ1) is 14.8. The number of allylic oxidation sites excluding steroid dienone is 2. The lowest BCUT2D eigenvalue weighted by Crippen LogP contribution is -2.33. The Hall–Kier alpha value is -1.61. The van der Waals surface area contributed by atoms with Crippen LogP contribution in [0.5, 0.6) is 0 Å². The standard InChI is InChI=1S/C17H23NO2/c1-12-8-13(2)10-14(9-12)11-18-16(17(19)20)15-6-4-3-5-7-15/h3-8,12,14,16,18H,9-11H2,1-2H3,(H,19,20). The van der Waals surface area contributed by atoms with Crippen LogP contribution in [-0.4, -0.2) is 17.6 Å². The summed E-state index contributed by atoms with van der Waals surface area (Å²) >= 11 is 0. The van der Waals surface area contributed by atoms with Crippen molar-refractivity contribution in [3.63, 3.8) is 0 Å². The van der Waals surface area contributed by atoms with Gasteiger partial charge in [-0.25, -0.2) is 0 Å². The van der Waals surface area contributed by atoms with Gasteiger partial charge in [-0.15, -0.1) is 0 Å². The Balaban J connectivity index is 1.97. The first-order chi connectivity index (χ1) is 9.56. The molecule has 0 aromatic heterocycles. The number of carboxylic acids is 1. The van der Waals surface area contributed by atoms with Gasteiger partial charge < -0.3 is 10.4 Å². The van der Waals surface area contributed by atoms with Crippen LogP contribution in [-0.2, 0) is 4.79 Å². The summed E-state index contributed by atoms with van der Waals surface area (Å²) in [5.74, 6) is 0.309. The second kappa shape index (κ2) is 6.71. The zero-order chi connectivity index (χ0) is 14.5. The van der Waals surface area contributed by atoms with Crippen LogP contribution >= 0.6 is 0 Å². The van der Waals surface area contributed by atoms with E-state index in [1.807, 2.05) is 30.3 Å². The summed E-state index contributed by atoms with van der Waals surface area (Å²) in [4.78, 5) is 11.4. The first-order valence-electron chi connectivity index (χ1n) is 7.24. The number of carbonyl (C=O) groups is 1. The van der Waals surface area contributed by atoms with E-state index in [1.165, 1.54) is 5.57 Å². The van der Waals surface area contributed by atoms with E-state index in [0.717, 1.165) is 24.9 Å². The zero-order valence-corrected chi connectivity index (χ0v) is 12.2. The molecule has 0 heterocycles. The number of hydrogen-bond donors (Lipinski definition) is 2. The van der Waals surface area contributed by atoms with E-state index in [4.69, 9.17) is 0 Å². The normalized spacial score (nSPS) is 24.0. The molecule has 1 aliphatic rings. The van der Waals surface area contributed by atoms with Gasteiger partial charge in [-0.3, -0.25) is 4.79 Å². The van der Waals surface area contributed by atoms with Gasteiger partial charge in [0, 0.05) is 0 Å². The second-order valence-corrected chi connectivity index (χ2v) is 5.89. The minimum atomic E-state index is -0.813. The van der Waals surface area contributed by atoms with E-state index in [-0.39, 0.29) is 0 Å². The maximum atomic E-state index is 11.4. The average molecular weight is 273 g/mol. The fourth-order valence-corrected chi connectivity index (χ4v) is 3.12. The van der Waals surface area contributed by atoms with Crippen LogP contribution in [0.1, 0.15) is 38.3 Å². The van der Waals surface area contributed by atoms with Crippen LogP contribution in [0, 0.1) is 11.8 Å². The minimum Gasteiger partial charge on any atom is -0.480 e. The molecule has 2 N–H and O–H groups in total. The molecule has 3 unspecified atom stereocenters. The van der Waals surface area contributed by atoms with E-state index in [0.29, 0.717) is 11.8 Å². The third-order valence-corrected chi connectivity index (χ3v) is 3.88. The van der Waals surface area contributed by atoms with Gasteiger partial charge >= 0.3 is 5.97 Å². The molecule has 0 aliphatic heterocycles. The van der Waals surface area contributed by atoms with Crippen molar-refractivity contribution in [2.45, 2.75) is 32.7 Å². The van der Waals surface area contributed by atoms with Crippen molar-refractivity contribution in [1.82, 2.24) is 5.32 Å². The molecule has 1 aliphatic carbocycles. The maximum absolute atomic E-state index is 11.4. The molecule has 0 spiro atoms. The van der Waals surface area contributed by atoms with Crippen molar-refractivity contribution in [3.05, 3.63) is 47.5 Å². The molecule has 20 heavy (non-hydrogen) atoms. The van der Waals surface area contributed by atoms with E-state index in [2.05, 4.69) is 25.2 Å². The number of rotatable bonds is 5. The van der Waals surface area contributed by atoms with Gasteiger partial charge in [-0.1, -0.05) is 48.9 Å². The van der Waals surface area contributed by atoms with Crippen molar-refractivity contribution in [1.29, 1.82) is 0 Å². The predicted molar refractivity (Wildman–Crippen MR) is 80.5 cm³/mol. The van der Waals surface area contributed by atoms with Crippen LogP contribution in [0.3, 0.4) is 0 Å². The number of benzene rings is 1. The average Bonchev–Trinajstić information content (AvgIpc) is 2.38. The Morgan fingerprint density at radius 3 is 2.70 bits per heavy atom. The zero-order valence-electron chi connectivity index (χ0n) is 12.2. The lowest BCUT2D eigenvalue weighted by Gasteiger charge is -2.27. The van der Waals surface area contributed by atoms with Crippen molar-refractivity contribution in [2.24, 2.45) is 11.8 Å². The molecule has 0 amide bonds. The third-order valence-electron chi connectivity index (χ3n) is 3.88. The summed E-state index contributed by atoms with van der Waals surface area (Å²) in [7, 11) is 0. The molecule has 2 rings (SSSR count). The summed E-state index contributed by atoms with van der Waals surface area (Å²) in [6.45, 7) is 5.14. The van der Waals surface area contributed by atoms with Gasteiger partial charge in [0.05, 0.1) is 0 Å². The van der Waals surface area contributed by atoms with Crippen molar-refractivity contribution in [3.8, 4) is 0 Å². The molecule has 3 heteroatoms. The van der Waals surface area contributed by atoms with Gasteiger partial charge in [-0.2, -0.15) is 0 Å². The summed E-state index contributed by atoms with van der Waals surface area (Å²) < 4.78 is 0. The first-order valence-corrected chi connectivity index (χ1v) is 7.24. The molecular weight excluding hydrogens is 250 g/mol. The molecule has 1 aromatic rings. The summed E-state index contributed by atoms with van der Waals surface area (Å²) in [6.07, 6.45) is 4.52. The van der Waals surface area contributed by atoms with E-state index in [9.17, 15) is 9.90 Å². The Morgan fingerprint density at radius 1 is 1.40 bits per heavy atom. The Bertz CT molecular complexity index is 481. The fraction of sp³-hybridized carbons (Fsp3) is 0.471. The molecule has 0 fully saturated rings. The highest BCUT2D eigenvalue weighted by Crippen LogP contribution is 2.27. The lowest BCUT2D eigenvalue weighted by atomic mass is 9.83. The number of nitrogens with one attached hydrogen (secondary N) is 1. The monoisotopic (exact) mass is 273 g/mol. The molecule has 0 saturated carbocycles. The van der Waals surface area contributed by atoms with Gasteiger partial charge in [0.1, 0.15) is 6.04 Å². The fourth-order valence-electron chi connectivity index (χ4n) is 3.12. The summed E-state index contributed by atoms with van der Waals surface area (Å²) in [6, 6.07) is 8.77. The highest BCUT2D eigenvalue weighted by atomic mass is 16.4. The molecule has 0 radical (unpaired) electrons. The highest BCUT2D eigenvalue weighted by Gasteiger charge is 2.23. The Kier molecular flexibility index (Phi) is 4.96. The van der Waals surface area contributed by atoms with Gasteiger partial charge in [0.2, 0.25) is 0 Å². The maximum Gasteiger partial charge on any atom is 0.325 e. The topological polar surface area (TPSA) is 49.3 Å². The van der Waals surface area contributed by atoms with E-state index < -0.39 is 12.0 Å². The van der Waals surface area contributed by atoms with Gasteiger partial charge in [0.15, 0.2) is 0 Å². The molecule has 0 bridgehead atoms. The minimum absolute atomic E-state index is 0.528. The van der Waals surface area contributed by atoms with Crippen molar-refractivity contribution < 1.29 is 9.90 Å². The van der Waals surface area contributed by atoms with Crippen LogP contribution in [0.15, 0.2) is 42.0 Å². The smallest absolute Gasteiger partial charge is 0.325 e. The number of aliphatic carboxylic acids is 1. The predicted octanol–water partition coefficient (Wildman–Crippen LogP) is 3.39. The molecule has 1 aromatic carbocycles. The highest BCUT2D eigenvalue weighted by molar-refractivity contribution is 5.75. The quantitative estimate of drug-likeness (QED) is 0.808. The Labute approximate surface area is 120 Å². The molecule has 3 nitrogen and oxygen atoms in total. The van der Waals surface area contributed by atoms with Crippen LogP contribution in [0.25, 0.3) is 0 Å². The third kappa shape index (κ3) is 3.94. The lowest BCUT2D eigenvalue weighted by molar-refractivity contribution is -0.139. The molecule has 0 saturated heterocycles. The second-order valence-electron chi connectivity index (χ2n) is 5.89. The van der Waals surface area contributed by atoms with E-state index >= 15 is 0 Å². The number of carboxylic acid groups (broad SMARTS) is 1. The van der Waals surface area contributed by atoms with Crippen LogP contribution in [0.4, 0.5) is 0 Å². The van der Waals surface area contributed by atoms with Crippen LogP contribution in [0.2, 0.25) is 0 Å². The molecule has 3 atom stereocenters. The molecule has 108 valence electrons. The SMILES string of the molecule is CC1=CC(C)CC(CNC(C(=O)O)c2ccccc2)C1. The van der Waals surface area contributed by atoms with Crippen molar-refractivity contribution in [2.75, 3.05) is 6.54 Å². The largest absolute Gasteiger partial charge is 0.480 e.